The molecule has 0 atom stereocenters. The maximum absolute atomic E-state index is 12.0. The molecule has 0 heterocycles. The van der Waals surface area contributed by atoms with Gasteiger partial charge in [0.1, 0.15) is 0 Å². The van der Waals surface area contributed by atoms with Gasteiger partial charge in [0.2, 0.25) is 5.91 Å². The van der Waals surface area contributed by atoms with E-state index in [-0.39, 0.29) is 12.3 Å². The number of aliphatic hydroxyl groups is 1. The molecule has 0 unspecified atom stereocenters. The normalized spacial score (nSPS) is 25.6. The van der Waals surface area contributed by atoms with Crippen LogP contribution in [-0.2, 0) is 11.2 Å². The topological polar surface area (TPSA) is 49.3 Å². The van der Waals surface area contributed by atoms with Crippen LogP contribution in [0.2, 0.25) is 10.0 Å². The smallest absolute Gasteiger partial charge is 0.224 e. The first-order valence-electron chi connectivity index (χ1n) is 7.31. The fourth-order valence-electron chi connectivity index (χ4n) is 2.64. The van der Waals surface area contributed by atoms with Gasteiger partial charge >= 0.3 is 0 Å². The minimum absolute atomic E-state index is 0.133. The first-order valence-corrected chi connectivity index (χ1v) is 8.06. The average molecular weight is 330 g/mol. The lowest BCUT2D eigenvalue weighted by molar-refractivity contribution is -0.122. The Kier molecular flexibility index (Phi) is 5.53. The summed E-state index contributed by atoms with van der Waals surface area (Å²) in [6.07, 6.45) is 3.71. The molecule has 1 saturated carbocycles. The van der Waals surface area contributed by atoms with E-state index in [1.807, 2.05) is 0 Å². The first kappa shape index (κ1) is 16.6. The van der Waals surface area contributed by atoms with Gasteiger partial charge in [-0.15, -0.1) is 0 Å². The van der Waals surface area contributed by atoms with E-state index in [4.69, 9.17) is 23.2 Å². The van der Waals surface area contributed by atoms with E-state index in [9.17, 15) is 9.90 Å². The molecule has 1 aromatic rings. The molecule has 0 radical (unpaired) electrons. The summed E-state index contributed by atoms with van der Waals surface area (Å²) in [4.78, 5) is 12.0. The number of nitrogens with one attached hydrogen (secondary N) is 1. The fourth-order valence-corrected chi connectivity index (χ4v) is 3.12. The van der Waals surface area contributed by atoms with E-state index in [0.717, 1.165) is 31.2 Å². The number of rotatable bonds is 4. The van der Waals surface area contributed by atoms with Gasteiger partial charge in [-0.1, -0.05) is 36.2 Å². The Bertz CT molecular complexity index is 511. The lowest BCUT2D eigenvalue weighted by Crippen LogP contribution is -2.45. The molecule has 5 heteroatoms. The lowest BCUT2D eigenvalue weighted by atomic mass is 9.79. The summed E-state index contributed by atoms with van der Waals surface area (Å²) in [5, 5.41) is 14.3. The van der Waals surface area contributed by atoms with Crippen molar-refractivity contribution < 1.29 is 9.90 Å². The second kappa shape index (κ2) is 6.99. The lowest BCUT2D eigenvalue weighted by Gasteiger charge is -2.34. The predicted molar refractivity (Wildman–Crippen MR) is 85.8 cm³/mol. The standard InChI is InChI=1S/C16H21Cl2NO2/c1-11-4-6-16(21,7-5-11)10-19-15(20)8-12-2-3-13(17)9-14(12)18/h2-3,9,11,21H,4-8,10H2,1H3,(H,19,20). The molecule has 3 nitrogen and oxygen atoms in total. The van der Waals surface area contributed by atoms with Crippen LogP contribution in [0.15, 0.2) is 18.2 Å². The largest absolute Gasteiger partial charge is 0.388 e. The number of halogens is 2. The Morgan fingerprint density at radius 1 is 1.38 bits per heavy atom. The molecule has 0 aromatic heterocycles. The molecule has 21 heavy (non-hydrogen) atoms. The Morgan fingerprint density at radius 2 is 2.05 bits per heavy atom. The molecule has 2 N–H and O–H groups in total. The zero-order valence-electron chi connectivity index (χ0n) is 12.2. The SMILES string of the molecule is CC1CCC(O)(CNC(=O)Cc2ccc(Cl)cc2Cl)CC1. The summed E-state index contributed by atoms with van der Waals surface area (Å²) in [6, 6.07) is 5.09. The molecule has 0 aliphatic heterocycles. The van der Waals surface area contributed by atoms with Crippen LogP contribution in [-0.4, -0.2) is 23.2 Å². The van der Waals surface area contributed by atoms with Crippen molar-refractivity contribution in [2.75, 3.05) is 6.54 Å². The highest BCUT2D eigenvalue weighted by Crippen LogP contribution is 2.31. The summed E-state index contributed by atoms with van der Waals surface area (Å²) in [5.41, 5.74) is -0.0193. The monoisotopic (exact) mass is 329 g/mol. The fraction of sp³-hybridized carbons (Fsp3) is 0.562. The number of carbonyl (C=O) groups excluding carboxylic acids is 1. The van der Waals surface area contributed by atoms with Crippen molar-refractivity contribution in [2.45, 2.75) is 44.6 Å². The van der Waals surface area contributed by atoms with Crippen molar-refractivity contribution in [3.63, 3.8) is 0 Å². The second-order valence-electron chi connectivity index (χ2n) is 6.10. The molecule has 1 aromatic carbocycles. The second-order valence-corrected chi connectivity index (χ2v) is 6.94. The molecule has 0 spiro atoms. The van der Waals surface area contributed by atoms with Gasteiger partial charge in [0.25, 0.3) is 0 Å². The first-order chi connectivity index (χ1) is 9.88. The predicted octanol–water partition coefficient (Wildman–Crippen LogP) is 3.59. The van der Waals surface area contributed by atoms with Crippen molar-refractivity contribution in [1.82, 2.24) is 5.32 Å². The van der Waals surface area contributed by atoms with Gasteiger partial charge in [0.15, 0.2) is 0 Å². The van der Waals surface area contributed by atoms with Crippen molar-refractivity contribution in [2.24, 2.45) is 5.92 Å². The zero-order chi connectivity index (χ0) is 15.5. The molecule has 116 valence electrons. The third kappa shape index (κ3) is 4.87. The summed E-state index contributed by atoms with van der Waals surface area (Å²) in [5.74, 6) is 0.528. The van der Waals surface area contributed by atoms with E-state index in [2.05, 4.69) is 12.2 Å². The third-order valence-corrected chi connectivity index (χ3v) is 4.77. The molecule has 0 saturated heterocycles. The van der Waals surface area contributed by atoms with Crippen LogP contribution in [0, 0.1) is 5.92 Å². The molecular formula is C16H21Cl2NO2. The molecule has 0 bridgehead atoms. The van der Waals surface area contributed by atoms with Crippen LogP contribution in [0.25, 0.3) is 0 Å². The Morgan fingerprint density at radius 3 is 2.67 bits per heavy atom. The van der Waals surface area contributed by atoms with Crippen LogP contribution in [0.4, 0.5) is 0 Å². The molecule has 2 rings (SSSR count). The summed E-state index contributed by atoms with van der Waals surface area (Å²) in [7, 11) is 0. The molecule has 1 aliphatic rings. The van der Waals surface area contributed by atoms with Crippen molar-refractivity contribution in [1.29, 1.82) is 0 Å². The maximum atomic E-state index is 12.0. The minimum Gasteiger partial charge on any atom is -0.388 e. The molecular weight excluding hydrogens is 309 g/mol. The van der Waals surface area contributed by atoms with Gasteiger partial charge in [0.05, 0.1) is 12.0 Å². The van der Waals surface area contributed by atoms with Gasteiger partial charge in [0, 0.05) is 16.6 Å². The van der Waals surface area contributed by atoms with Gasteiger partial charge in [-0.05, 0) is 49.3 Å². The maximum Gasteiger partial charge on any atom is 0.224 e. The number of benzene rings is 1. The number of amides is 1. The van der Waals surface area contributed by atoms with Crippen LogP contribution in [0.1, 0.15) is 38.2 Å². The zero-order valence-corrected chi connectivity index (χ0v) is 13.7. The summed E-state index contributed by atoms with van der Waals surface area (Å²) >= 11 is 11.9. The van der Waals surface area contributed by atoms with Crippen LogP contribution >= 0.6 is 23.2 Å². The van der Waals surface area contributed by atoms with E-state index < -0.39 is 5.60 Å². The van der Waals surface area contributed by atoms with E-state index >= 15 is 0 Å². The summed E-state index contributed by atoms with van der Waals surface area (Å²) < 4.78 is 0. The van der Waals surface area contributed by atoms with Crippen LogP contribution in [0.5, 0.6) is 0 Å². The van der Waals surface area contributed by atoms with Gasteiger partial charge in [-0.2, -0.15) is 0 Å². The average Bonchev–Trinajstić information content (AvgIpc) is 2.44. The number of carbonyl (C=O) groups is 1. The Balaban J connectivity index is 1.84. The number of hydrogen-bond acceptors (Lipinski definition) is 2. The highest BCUT2D eigenvalue weighted by Gasteiger charge is 2.31. The quantitative estimate of drug-likeness (QED) is 0.886. The third-order valence-electron chi connectivity index (χ3n) is 4.19. The molecule has 1 aliphatic carbocycles. The van der Waals surface area contributed by atoms with E-state index in [1.54, 1.807) is 18.2 Å². The highest BCUT2D eigenvalue weighted by molar-refractivity contribution is 6.35. The molecule has 1 amide bonds. The van der Waals surface area contributed by atoms with Crippen LogP contribution < -0.4 is 5.32 Å². The van der Waals surface area contributed by atoms with Crippen molar-refractivity contribution in [3.8, 4) is 0 Å². The molecule has 1 fully saturated rings. The van der Waals surface area contributed by atoms with E-state index in [1.165, 1.54) is 0 Å². The van der Waals surface area contributed by atoms with E-state index in [0.29, 0.717) is 22.5 Å². The minimum atomic E-state index is -0.758. The van der Waals surface area contributed by atoms with Crippen LogP contribution in [0.3, 0.4) is 0 Å². The van der Waals surface area contributed by atoms with Gasteiger partial charge < -0.3 is 10.4 Å². The summed E-state index contributed by atoms with van der Waals surface area (Å²) in [6.45, 7) is 2.50. The van der Waals surface area contributed by atoms with Gasteiger partial charge in [-0.3, -0.25) is 4.79 Å². The Hall–Kier alpha value is -0.770. The Labute approximate surface area is 135 Å². The number of hydrogen-bond donors (Lipinski definition) is 2. The van der Waals surface area contributed by atoms with Gasteiger partial charge in [-0.25, -0.2) is 0 Å². The van der Waals surface area contributed by atoms with Crippen molar-refractivity contribution >= 4 is 29.1 Å². The highest BCUT2D eigenvalue weighted by atomic mass is 35.5. The van der Waals surface area contributed by atoms with Crippen molar-refractivity contribution in [3.05, 3.63) is 33.8 Å².